The van der Waals surface area contributed by atoms with Crippen molar-refractivity contribution in [2.45, 2.75) is 49.3 Å². The number of halogens is 1. The first-order chi connectivity index (χ1) is 12.9. The Hall–Kier alpha value is -1.77. The van der Waals surface area contributed by atoms with Crippen molar-refractivity contribution < 1.29 is 18.3 Å². The molecule has 1 aromatic rings. The summed E-state index contributed by atoms with van der Waals surface area (Å²) < 4.78 is 25.2. The fraction of sp³-hybridized carbons (Fsp3) is 0.526. The number of allylic oxidation sites excluding steroid dienone is 1. The number of nitrogens with zero attached hydrogens (tertiary/aromatic N) is 1. The quantitative estimate of drug-likeness (QED) is 0.475. The van der Waals surface area contributed by atoms with Crippen molar-refractivity contribution in [2.75, 3.05) is 26.0 Å². The molecule has 28 heavy (non-hydrogen) atoms. The zero-order chi connectivity index (χ0) is 21.3. The van der Waals surface area contributed by atoms with Crippen LogP contribution in [0.2, 0.25) is 5.02 Å². The zero-order valence-corrected chi connectivity index (χ0v) is 18.4. The summed E-state index contributed by atoms with van der Waals surface area (Å²) in [5.74, 6) is -0.562. The van der Waals surface area contributed by atoms with Crippen molar-refractivity contribution in [2.24, 2.45) is 0 Å². The highest BCUT2D eigenvalue weighted by atomic mass is 35.5. The fourth-order valence-electron chi connectivity index (χ4n) is 3.38. The van der Waals surface area contributed by atoms with Crippen LogP contribution >= 0.6 is 11.6 Å². The van der Waals surface area contributed by atoms with E-state index in [2.05, 4.69) is 16.7 Å². The summed E-state index contributed by atoms with van der Waals surface area (Å²) in [6.45, 7) is 5.31. The lowest BCUT2D eigenvalue weighted by Gasteiger charge is -2.29. The molecule has 0 spiro atoms. The van der Waals surface area contributed by atoms with Crippen LogP contribution < -0.4 is 10.6 Å². The SMILES string of the molecule is CC1=CCCC1NC(=O)Nc1ccc(Cl)c(S(=O)(=O)C(C)(C)CN(C)C)c1O. The lowest BCUT2D eigenvalue weighted by molar-refractivity contribution is 0.249. The molecular formula is C19H28ClN3O4S. The molecule has 0 bridgehead atoms. The molecule has 1 aliphatic carbocycles. The van der Waals surface area contributed by atoms with Gasteiger partial charge < -0.3 is 20.6 Å². The van der Waals surface area contributed by atoms with Crippen LogP contribution in [0.25, 0.3) is 0 Å². The molecule has 0 radical (unpaired) electrons. The minimum atomic E-state index is -3.99. The number of nitrogens with one attached hydrogen (secondary N) is 2. The van der Waals surface area contributed by atoms with E-state index in [1.165, 1.54) is 12.1 Å². The summed E-state index contributed by atoms with van der Waals surface area (Å²) in [5, 5.41) is 15.9. The maximum atomic E-state index is 13.2. The molecule has 2 rings (SSSR count). The summed E-state index contributed by atoms with van der Waals surface area (Å²) >= 11 is 6.13. The third kappa shape index (κ3) is 4.61. The second-order valence-corrected chi connectivity index (χ2v) is 10.9. The van der Waals surface area contributed by atoms with Gasteiger partial charge in [-0.3, -0.25) is 0 Å². The Morgan fingerprint density at radius 2 is 2.00 bits per heavy atom. The van der Waals surface area contributed by atoms with Crippen LogP contribution in [0.3, 0.4) is 0 Å². The highest BCUT2D eigenvalue weighted by Gasteiger charge is 2.40. The van der Waals surface area contributed by atoms with Gasteiger partial charge in [-0.05, 0) is 59.8 Å². The number of carbonyl (C=O) groups is 1. The standard InChI is InChI=1S/C19H28ClN3O4S/c1-12-7-6-8-14(12)21-18(25)22-15-10-9-13(20)17(16(15)24)28(26,27)19(2,3)11-23(4)5/h7,9-10,14,24H,6,8,11H2,1-5H3,(H2,21,22,25). The number of hydrogen-bond donors (Lipinski definition) is 3. The Morgan fingerprint density at radius 3 is 2.54 bits per heavy atom. The average molecular weight is 430 g/mol. The van der Waals surface area contributed by atoms with Crippen molar-refractivity contribution >= 4 is 33.2 Å². The third-order valence-electron chi connectivity index (χ3n) is 4.80. The molecule has 0 saturated carbocycles. The van der Waals surface area contributed by atoms with Gasteiger partial charge in [-0.1, -0.05) is 23.3 Å². The highest BCUT2D eigenvalue weighted by molar-refractivity contribution is 7.93. The molecule has 0 aromatic heterocycles. The predicted molar refractivity (Wildman–Crippen MR) is 112 cm³/mol. The number of carbonyl (C=O) groups excluding carboxylic acids is 1. The number of sulfone groups is 1. The van der Waals surface area contributed by atoms with Crippen LogP contribution in [0.15, 0.2) is 28.7 Å². The third-order valence-corrected chi connectivity index (χ3v) is 7.76. The zero-order valence-electron chi connectivity index (χ0n) is 16.8. The second-order valence-electron chi connectivity index (χ2n) is 7.95. The van der Waals surface area contributed by atoms with Crippen molar-refractivity contribution in [3.05, 3.63) is 28.8 Å². The molecule has 1 aliphatic rings. The first kappa shape index (κ1) is 22.5. The Balaban J connectivity index is 2.33. The van der Waals surface area contributed by atoms with Crippen LogP contribution in [-0.4, -0.2) is 55.9 Å². The van der Waals surface area contributed by atoms with Gasteiger partial charge in [-0.2, -0.15) is 0 Å². The van der Waals surface area contributed by atoms with Crippen LogP contribution in [0.5, 0.6) is 5.75 Å². The van der Waals surface area contributed by atoms with E-state index >= 15 is 0 Å². The summed E-state index contributed by atoms with van der Waals surface area (Å²) in [5.41, 5.74) is 1.06. The van der Waals surface area contributed by atoms with E-state index < -0.39 is 26.4 Å². The highest BCUT2D eigenvalue weighted by Crippen LogP contribution is 2.41. The van der Waals surface area contributed by atoms with Gasteiger partial charge in [-0.25, -0.2) is 13.2 Å². The van der Waals surface area contributed by atoms with Crippen molar-refractivity contribution in [1.29, 1.82) is 0 Å². The van der Waals surface area contributed by atoms with Gasteiger partial charge in [0.2, 0.25) is 0 Å². The average Bonchev–Trinajstić information content (AvgIpc) is 2.93. The first-order valence-electron chi connectivity index (χ1n) is 9.02. The van der Waals surface area contributed by atoms with E-state index in [-0.39, 0.29) is 28.2 Å². The number of amides is 2. The lowest BCUT2D eigenvalue weighted by Crippen LogP contribution is -2.42. The predicted octanol–water partition coefficient (Wildman–Crippen LogP) is 3.39. The molecule has 1 aromatic carbocycles. The number of urea groups is 1. The van der Waals surface area contributed by atoms with E-state index in [1.807, 2.05) is 6.92 Å². The molecule has 0 heterocycles. The summed E-state index contributed by atoms with van der Waals surface area (Å²) in [6.07, 6.45) is 3.76. The monoisotopic (exact) mass is 429 g/mol. The smallest absolute Gasteiger partial charge is 0.319 e. The Labute approximate surface area is 171 Å². The molecule has 156 valence electrons. The first-order valence-corrected chi connectivity index (χ1v) is 10.9. The van der Waals surface area contributed by atoms with Gasteiger partial charge in [0.05, 0.1) is 21.5 Å². The molecular weight excluding hydrogens is 402 g/mol. The molecule has 0 saturated heterocycles. The number of aromatic hydroxyl groups is 1. The largest absolute Gasteiger partial charge is 0.504 e. The van der Waals surface area contributed by atoms with E-state index in [1.54, 1.807) is 32.8 Å². The van der Waals surface area contributed by atoms with Crippen LogP contribution in [0, 0.1) is 0 Å². The Kier molecular flexibility index (Phi) is 6.68. The molecule has 1 unspecified atom stereocenters. The van der Waals surface area contributed by atoms with Crippen LogP contribution in [0.4, 0.5) is 10.5 Å². The lowest BCUT2D eigenvalue weighted by atomic mass is 10.2. The molecule has 0 fully saturated rings. The van der Waals surface area contributed by atoms with E-state index in [0.29, 0.717) is 0 Å². The Bertz CT molecular complexity index is 895. The number of phenols is 1. The summed E-state index contributed by atoms with van der Waals surface area (Å²) in [7, 11) is -0.460. The van der Waals surface area contributed by atoms with Crippen molar-refractivity contribution in [3.63, 3.8) is 0 Å². The van der Waals surface area contributed by atoms with Crippen LogP contribution in [-0.2, 0) is 9.84 Å². The summed E-state index contributed by atoms with van der Waals surface area (Å²) in [4.78, 5) is 13.7. The normalized spacial score (nSPS) is 17.5. The minimum absolute atomic E-state index is 0.0132. The molecule has 3 N–H and O–H groups in total. The number of benzene rings is 1. The summed E-state index contributed by atoms with van der Waals surface area (Å²) in [6, 6.07) is 2.15. The number of anilines is 1. The maximum Gasteiger partial charge on any atom is 0.319 e. The maximum absolute atomic E-state index is 13.2. The van der Waals surface area contributed by atoms with Crippen molar-refractivity contribution in [1.82, 2.24) is 10.2 Å². The molecule has 0 aliphatic heterocycles. The minimum Gasteiger partial charge on any atom is -0.504 e. The van der Waals surface area contributed by atoms with Gasteiger partial charge in [-0.15, -0.1) is 0 Å². The van der Waals surface area contributed by atoms with Gasteiger partial charge >= 0.3 is 6.03 Å². The van der Waals surface area contributed by atoms with Gasteiger partial charge in [0, 0.05) is 6.54 Å². The number of phenolic OH excluding ortho intramolecular Hbond substituents is 1. The second kappa shape index (κ2) is 8.31. The number of rotatable bonds is 6. The molecule has 1 atom stereocenters. The van der Waals surface area contributed by atoms with E-state index in [9.17, 15) is 18.3 Å². The van der Waals surface area contributed by atoms with Gasteiger partial charge in [0.25, 0.3) is 0 Å². The van der Waals surface area contributed by atoms with E-state index in [0.717, 1.165) is 18.4 Å². The van der Waals surface area contributed by atoms with Crippen molar-refractivity contribution in [3.8, 4) is 5.75 Å². The molecule has 9 heteroatoms. The van der Waals surface area contributed by atoms with E-state index in [4.69, 9.17) is 11.6 Å². The topological polar surface area (TPSA) is 98.7 Å². The van der Waals surface area contributed by atoms with Gasteiger partial charge in [0.1, 0.15) is 4.90 Å². The number of hydrogen-bond acceptors (Lipinski definition) is 5. The molecule has 7 nitrogen and oxygen atoms in total. The van der Waals surface area contributed by atoms with Crippen LogP contribution in [0.1, 0.15) is 33.6 Å². The molecule has 2 amide bonds. The Morgan fingerprint density at radius 1 is 1.36 bits per heavy atom. The van der Waals surface area contributed by atoms with Gasteiger partial charge in [0.15, 0.2) is 15.6 Å². The fourth-order valence-corrected chi connectivity index (χ4v) is 5.50.